The van der Waals surface area contributed by atoms with Crippen molar-refractivity contribution in [2.24, 2.45) is 7.05 Å². The summed E-state index contributed by atoms with van der Waals surface area (Å²) >= 11 is 0. The molecule has 1 amide bonds. The lowest BCUT2D eigenvalue weighted by atomic mass is 10.1. The molecule has 3 aromatic rings. The van der Waals surface area contributed by atoms with Gasteiger partial charge in [0.2, 0.25) is 0 Å². The SMILES string of the molecule is Cc1ncn(CCNC(=O)c2c(-c3ccccc3)nnn2C)c1C. The van der Waals surface area contributed by atoms with Gasteiger partial charge < -0.3 is 9.88 Å². The zero-order chi connectivity index (χ0) is 17.1. The van der Waals surface area contributed by atoms with Crippen LogP contribution in [0.15, 0.2) is 36.7 Å². The van der Waals surface area contributed by atoms with E-state index >= 15 is 0 Å². The van der Waals surface area contributed by atoms with Gasteiger partial charge in [-0.05, 0) is 13.8 Å². The van der Waals surface area contributed by atoms with Crippen molar-refractivity contribution < 1.29 is 4.79 Å². The largest absolute Gasteiger partial charge is 0.349 e. The number of hydrogen-bond donors (Lipinski definition) is 1. The molecule has 0 aliphatic carbocycles. The van der Waals surface area contributed by atoms with Crippen molar-refractivity contribution in [2.75, 3.05) is 6.54 Å². The molecule has 0 unspecified atom stereocenters. The first-order valence-corrected chi connectivity index (χ1v) is 7.79. The maximum Gasteiger partial charge on any atom is 0.271 e. The maximum atomic E-state index is 12.6. The molecule has 7 nitrogen and oxygen atoms in total. The van der Waals surface area contributed by atoms with E-state index in [9.17, 15) is 4.79 Å². The van der Waals surface area contributed by atoms with Crippen molar-refractivity contribution in [3.05, 3.63) is 53.7 Å². The van der Waals surface area contributed by atoms with Crippen LogP contribution in [0, 0.1) is 13.8 Å². The standard InChI is InChI=1S/C17H20N6O/c1-12-13(2)23(11-19-12)10-9-18-17(24)16-15(20-21-22(16)3)14-7-5-4-6-8-14/h4-8,11H,9-10H2,1-3H3,(H,18,24). The molecule has 0 bridgehead atoms. The fraction of sp³-hybridized carbons (Fsp3) is 0.294. The summed E-state index contributed by atoms with van der Waals surface area (Å²) in [4.78, 5) is 16.8. The van der Waals surface area contributed by atoms with Gasteiger partial charge in [0.1, 0.15) is 5.69 Å². The van der Waals surface area contributed by atoms with E-state index < -0.39 is 0 Å². The van der Waals surface area contributed by atoms with Crippen LogP contribution >= 0.6 is 0 Å². The number of carbonyl (C=O) groups is 1. The number of amides is 1. The molecule has 0 aliphatic rings. The van der Waals surface area contributed by atoms with Gasteiger partial charge in [0.15, 0.2) is 5.69 Å². The highest BCUT2D eigenvalue weighted by Gasteiger charge is 2.19. The second kappa shape index (κ2) is 6.66. The van der Waals surface area contributed by atoms with E-state index in [1.54, 1.807) is 13.4 Å². The van der Waals surface area contributed by atoms with Crippen LogP contribution in [-0.4, -0.2) is 37.0 Å². The second-order valence-corrected chi connectivity index (χ2v) is 5.64. The number of aryl methyl sites for hydroxylation is 2. The Labute approximate surface area is 140 Å². The lowest BCUT2D eigenvalue weighted by Gasteiger charge is -2.09. The van der Waals surface area contributed by atoms with Gasteiger partial charge in [-0.3, -0.25) is 4.79 Å². The van der Waals surface area contributed by atoms with E-state index in [-0.39, 0.29) is 5.91 Å². The van der Waals surface area contributed by atoms with Crippen LogP contribution in [0.4, 0.5) is 0 Å². The summed E-state index contributed by atoms with van der Waals surface area (Å²) in [6.45, 7) is 5.17. The predicted molar refractivity (Wildman–Crippen MR) is 90.5 cm³/mol. The van der Waals surface area contributed by atoms with Crippen molar-refractivity contribution in [3.63, 3.8) is 0 Å². The Bertz CT molecular complexity index is 849. The summed E-state index contributed by atoms with van der Waals surface area (Å²) in [5, 5.41) is 11.0. The van der Waals surface area contributed by atoms with Crippen molar-refractivity contribution >= 4 is 5.91 Å². The topological polar surface area (TPSA) is 77.6 Å². The van der Waals surface area contributed by atoms with Gasteiger partial charge in [0.05, 0.1) is 12.0 Å². The minimum Gasteiger partial charge on any atom is -0.349 e. The van der Waals surface area contributed by atoms with Gasteiger partial charge in [-0.2, -0.15) is 0 Å². The first-order valence-electron chi connectivity index (χ1n) is 7.79. The fourth-order valence-corrected chi connectivity index (χ4v) is 2.55. The van der Waals surface area contributed by atoms with Crippen LogP contribution in [0.2, 0.25) is 0 Å². The molecule has 124 valence electrons. The number of aromatic nitrogens is 5. The van der Waals surface area contributed by atoms with E-state index in [2.05, 4.69) is 20.6 Å². The molecule has 24 heavy (non-hydrogen) atoms. The van der Waals surface area contributed by atoms with Crippen LogP contribution in [0.25, 0.3) is 11.3 Å². The van der Waals surface area contributed by atoms with Gasteiger partial charge in [-0.15, -0.1) is 5.10 Å². The number of carbonyl (C=O) groups excluding carboxylic acids is 1. The monoisotopic (exact) mass is 324 g/mol. The van der Waals surface area contributed by atoms with E-state index in [0.717, 1.165) is 17.0 Å². The van der Waals surface area contributed by atoms with E-state index in [1.807, 2.05) is 48.7 Å². The summed E-state index contributed by atoms with van der Waals surface area (Å²) in [7, 11) is 1.72. The lowest BCUT2D eigenvalue weighted by molar-refractivity contribution is 0.0943. The molecule has 2 heterocycles. The summed E-state index contributed by atoms with van der Waals surface area (Å²) in [6, 6.07) is 9.58. The molecule has 2 aromatic heterocycles. The number of rotatable bonds is 5. The van der Waals surface area contributed by atoms with Crippen molar-refractivity contribution in [2.45, 2.75) is 20.4 Å². The summed E-state index contributed by atoms with van der Waals surface area (Å²) in [6.07, 6.45) is 1.79. The number of nitrogens with zero attached hydrogens (tertiary/aromatic N) is 5. The van der Waals surface area contributed by atoms with Gasteiger partial charge >= 0.3 is 0 Å². The van der Waals surface area contributed by atoms with Gasteiger partial charge in [-0.25, -0.2) is 9.67 Å². The molecular weight excluding hydrogens is 304 g/mol. The zero-order valence-corrected chi connectivity index (χ0v) is 14.0. The van der Waals surface area contributed by atoms with Gasteiger partial charge in [0.25, 0.3) is 5.91 Å². The van der Waals surface area contributed by atoms with Crippen LogP contribution in [-0.2, 0) is 13.6 Å². The average molecular weight is 324 g/mol. The molecule has 0 atom stereocenters. The molecule has 0 saturated heterocycles. The molecular formula is C17H20N6O. The molecule has 3 rings (SSSR count). The number of hydrogen-bond acceptors (Lipinski definition) is 4. The minimum absolute atomic E-state index is 0.184. The van der Waals surface area contributed by atoms with Crippen LogP contribution in [0.3, 0.4) is 0 Å². The van der Waals surface area contributed by atoms with Crippen LogP contribution in [0.1, 0.15) is 21.9 Å². The summed E-state index contributed by atoms with van der Waals surface area (Å²) in [5.41, 5.74) is 4.03. The molecule has 1 N–H and O–H groups in total. The maximum absolute atomic E-state index is 12.6. The third-order valence-corrected chi connectivity index (χ3v) is 4.07. The third-order valence-electron chi connectivity index (χ3n) is 4.07. The molecule has 0 aliphatic heterocycles. The van der Waals surface area contributed by atoms with Crippen molar-refractivity contribution in [1.29, 1.82) is 0 Å². The minimum atomic E-state index is -0.184. The quantitative estimate of drug-likeness (QED) is 0.775. The molecule has 7 heteroatoms. The molecule has 0 radical (unpaired) electrons. The second-order valence-electron chi connectivity index (χ2n) is 5.64. The Morgan fingerprint density at radius 3 is 2.62 bits per heavy atom. The van der Waals surface area contributed by atoms with Crippen molar-refractivity contribution in [1.82, 2.24) is 29.9 Å². The first kappa shape index (κ1) is 15.9. The Kier molecular flexibility index (Phi) is 4.41. The van der Waals surface area contributed by atoms with Crippen LogP contribution < -0.4 is 5.32 Å². The predicted octanol–water partition coefficient (Wildman–Crippen LogP) is 1.73. The highest BCUT2D eigenvalue weighted by molar-refractivity contribution is 5.98. The summed E-state index contributed by atoms with van der Waals surface area (Å²) in [5.74, 6) is -0.184. The number of benzene rings is 1. The number of nitrogens with one attached hydrogen (secondary N) is 1. The molecule has 0 fully saturated rings. The van der Waals surface area contributed by atoms with E-state index in [1.165, 1.54) is 4.68 Å². The van der Waals surface area contributed by atoms with Gasteiger partial charge in [0, 0.05) is 31.4 Å². The fourth-order valence-electron chi connectivity index (χ4n) is 2.55. The Morgan fingerprint density at radius 1 is 1.21 bits per heavy atom. The number of imidazole rings is 1. The average Bonchev–Trinajstić information content (AvgIpc) is 3.13. The summed E-state index contributed by atoms with van der Waals surface area (Å²) < 4.78 is 3.53. The Morgan fingerprint density at radius 2 is 1.96 bits per heavy atom. The Hall–Kier alpha value is -2.96. The lowest BCUT2D eigenvalue weighted by Crippen LogP contribution is -2.29. The smallest absolute Gasteiger partial charge is 0.271 e. The molecule has 0 saturated carbocycles. The molecule has 0 spiro atoms. The van der Waals surface area contributed by atoms with Gasteiger partial charge in [-0.1, -0.05) is 35.5 Å². The normalized spacial score (nSPS) is 10.8. The molecule has 1 aromatic carbocycles. The Balaban J connectivity index is 1.72. The zero-order valence-electron chi connectivity index (χ0n) is 14.0. The van der Waals surface area contributed by atoms with Crippen LogP contribution in [0.5, 0.6) is 0 Å². The highest BCUT2D eigenvalue weighted by Crippen LogP contribution is 2.20. The van der Waals surface area contributed by atoms with E-state index in [0.29, 0.717) is 24.5 Å². The highest BCUT2D eigenvalue weighted by atomic mass is 16.2. The van der Waals surface area contributed by atoms with Crippen molar-refractivity contribution in [3.8, 4) is 11.3 Å². The third kappa shape index (κ3) is 3.05. The van der Waals surface area contributed by atoms with E-state index in [4.69, 9.17) is 0 Å². The first-order chi connectivity index (χ1) is 11.6.